The quantitative estimate of drug-likeness (QED) is 0.334. The van der Waals surface area contributed by atoms with Crippen LogP contribution in [-0.2, 0) is 6.42 Å². The second-order valence-corrected chi connectivity index (χ2v) is 7.34. The van der Waals surface area contributed by atoms with Crippen molar-refractivity contribution in [3.05, 3.63) is 58.7 Å². The van der Waals surface area contributed by atoms with Gasteiger partial charge in [-0.15, -0.1) is 13.2 Å². The Kier molecular flexibility index (Phi) is 6.60. The molecule has 0 atom stereocenters. The number of ether oxygens (including phenoxy) is 1. The highest BCUT2D eigenvalue weighted by Crippen LogP contribution is 2.35. The van der Waals surface area contributed by atoms with Crippen molar-refractivity contribution in [2.24, 2.45) is 0 Å². The monoisotopic (exact) mass is 410 g/mol. The zero-order chi connectivity index (χ0) is 21.0. The predicted molar refractivity (Wildman–Crippen MR) is 104 cm³/mol. The van der Waals surface area contributed by atoms with Crippen molar-refractivity contribution < 1.29 is 26.7 Å². The summed E-state index contributed by atoms with van der Waals surface area (Å²) in [4.78, 5) is 0. The Hall–Kier alpha value is -2.37. The van der Waals surface area contributed by atoms with Crippen molar-refractivity contribution in [3.8, 4) is 16.9 Å². The highest BCUT2D eigenvalue weighted by Gasteiger charge is 2.32. The minimum atomic E-state index is -4.99. The van der Waals surface area contributed by atoms with E-state index in [1.165, 1.54) is 37.0 Å². The summed E-state index contributed by atoms with van der Waals surface area (Å²) in [6, 6.07) is 6.05. The molecule has 0 amide bonds. The molecule has 1 nitrogen and oxygen atoms in total. The van der Waals surface area contributed by atoms with Gasteiger partial charge in [0.15, 0.2) is 11.6 Å². The maximum atomic E-state index is 14.7. The van der Waals surface area contributed by atoms with E-state index in [1.807, 2.05) is 6.08 Å². The molecule has 3 rings (SSSR count). The molecule has 0 spiro atoms. The van der Waals surface area contributed by atoms with Crippen molar-refractivity contribution in [3.63, 3.8) is 0 Å². The number of aryl methyl sites for hydroxylation is 1. The fourth-order valence-electron chi connectivity index (χ4n) is 3.64. The SMILES string of the molecule is CCCCCCC1=Cc2cc(F)c(-c3ccc(OC(F)(F)F)c(F)c3)cc2CC1. The number of hydrogen-bond acceptors (Lipinski definition) is 1. The first kappa shape index (κ1) is 21.3. The smallest absolute Gasteiger partial charge is 0.403 e. The van der Waals surface area contributed by atoms with Gasteiger partial charge < -0.3 is 4.74 Å². The lowest BCUT2D eigenvalue weighted by atomic mass is 9.87. The maximum Gasteiger partial charge on any atom is 0.573 e. The van der Waals surface area contributed by atoms with Gasteiger partial charge in [-0.1, -0.05) is 43.9 Å². The van der Waals surface area contributed by atoms with Crippen LogP contribution in [0.4, 0.5) is 22.0 Å². The average Bonchev–Trinajstić information content (AvgIpc) is 2.65. The summed E-state index contributed by atoms with van der Waals surface area (Å²) < 4.78 is 69.2. The first-order chi connectivity index (χ1) is 13.8. The second-order valence-electron chi connectivity index (χ2n) is 7.34. The molecule has 29 heavy (non-hydrogen) atoms. The maximum absolute atomic E-state index is 14.7. The van der Waals surface area contributed by atoms with E-state index in [0.29, 0.717) is 0 Å². The van der Waals surface area contributed by atoms with E-state index < -0.39 is 23.7 Å². The summed E-state index contributed by atoms with van der Waals surface area (Å²) >= 11 is 0. The second kappa shape index (κ2) is 8.97. The van der Waals surface area contributed by atoms with Gasteiger partial charge in [-0.2, -0.15) is 0 Å². The Morgan fingerprint density at radius 1 is 0.931 bits per heavy atom. The van der Waals surface area contributed by atoms with Gasteiger partial charge in [-0.3, -0.25) is 0 Å². The summed E-state index contributed by atoms with van der Waals surface area (Å²) in [7, 11) is 0. The molecule has 156 valence electrons. The van der Waals surface area contributed by atoms with Crippen molar-refractivity contribution in [2.45, 2.75) is 58.2 Å². The lowest BCUT2D eigenvalue weighted by molar-refractivity contribution is -0.275. The van der Waals surface area contributed by atoms with E-state index in [-0.39, 0.29) is 11.1 Å². The van der Waals surface area contributed by atoms with Gasteiger partial charge in [0.1, 0.15) is 5.82 Å². The normalized spacial score (nSPS) is 13.8. The molecule has 2 aromatic carbocycles. The number of fused-ring (bicyclic) bond motifs is 1. The van der Waals surface area contributed by atoms with Crippen LogP contribution in [0.15, 0.2) is 35.9 Å². The fourth-order valence-corrected chi connectivity index (χ4v) is 3.64. The topological polar surface area (TPSA) is 9.23 Å². The number of benzene rings is 2. The van der Waals surface area contributed by atoms with Gasteiger partial charge in [0.25, 0.3) is 0 Å². The summed E-state index contributed by atoms with van der Waals surface area (Å²) in [5.41, 5.74) is 3.42. The Labute approximate surface area is 167 Å². The van der Waals surface area contributed by atoms with Crippen molar-refractivity contribution in [1.82, 2.24) is 0 Å². The van der Waals surface area contributed by atoms with Crippen molar-refractivity contribution in [2.75, 3.05) is 0 Å². The zero-order valence-corrected chi connectivity index (χ0v) is 16.2. The molecule has 1 aliphatic rings. The highest BCUT2D eigenvalue weighted by atomic mass is 19.4. The van der Waals surface area contributed by atoms with E-state index >= 15 is 0 Å². The van der Waals surface area contributed by atoms with Crippen LogP contribution in [0.5, 0.6) is 5.75 Å². The summed E-state index contributed by atoms with van der Waals surface area (Å²) in [5.74, 6) is -2.66. The molecule has 1 aliphatic carbocycles. The van der Waals surface area contributed by atoms with Crippen LogP contribution in [-0.4, -0.2) is 6.36 Å². The highest BCUT2D eigenvalue weighted by molar-refractivity contribution is 5.71. The first-order valence-electron chi connectivity index (χ1n) is 9.84. The zero-order valence-electron chi connectivity index (χ0n) is 16.2. The lowest BCUT2D eigenvalue weighted by Crippen LogP contribution is -2.17. The van der Waals surface area contributed by atoms with E-state index in [0.717, 1.165) is 48.9 Å². The predicted octanol–water partition coefficient (Wildman–Crippen LogP) is 7.83. The molecule has 0 saturated carbocycles. The number of allylic oxidation sites excluding steroid dienone is 1. The van der Waals surface area contributed by atoms with Crippen LogP contribution < -0.4 is 4.74 Å². The third kappa shape index (κ3) is 5.58. The van der Waals surface area contributed by atoms with E-state index in [2.05, 4.69) is 11.7 Å². The molecule has 0 radical (unpaired) electrons. The number of rotatable bonds is 7. The molecule has 0 aliphatic heterocycles. The molecule has 0 bridgehead atoms. The number of unbranched alkanes of at least 4 members (excludes halogenated alkanes) is 3. The molecule has 0 N–H and O–H groups in total. The third-order valence-corrected chi connectivity index (χ3v) is 5.12. The molecular weight excluding hydrogens is 387 g/mol. The molecule has 0 heterocycles. The molecule has 0 saturated heterocycles. The van der Waals surface area contributed by atoms with Crippen LogP contribution >= 0.6 is 0 Å². The number of hydrogen-bond donors (Lipinski definition) is 0. The molecular formula is C23H23F5O. The number of alkyl halides is 3. The van der Waals surface area contributed by atoms with Gasteiger partial charge in [0.2, 0.25) is 0 Å². The van der Waals surface area contributed by atoms with Crippen LogP contribution in [0, 0.1) is 11.6 Å². The fraction of sp³-hybridized carbons (Fsp3) is 0.391. The Bertz CT molecular complexity index is 899. The van der Waals surface area contributed by atoms with Gasteiger partial charge >= 0.3 is 6.36 Å². The number of halogens is 5. The van der Waals surface area contributed by atoms with Crippen molar-refractivity contribution >= 4 is 6.08 Å². The Morgan fingerprint density at radius 3 is 2.41 bits per heavy atom. The first-order valence-corrected chi connectivity index (χ1v) is 9.84. The van der Waals surface area contributed by atoms with E-state index in [4.69, 9.17) is 0 Å². The van der Waals surface area contributed by atoms with Crippen LogP contribution in [0.3, 0.4) is 0 Å². The Morgan fingerprint density at radius 2 is 1.72 bits per heavy atom. The van der Waals surface area contributed by atoms with Gasteiger partial charge in [0, 0.05) is 5.56 Å². The van der Waals surface area contributed by atoms with Crippen molar-refractivity contribution in [1.29, 1.82) is 0 Å². The van der Waals surface area contributed by atoms with Crippen LogP contribution in [0.1, 0.15) is 56.6 Å². The average molecular weight is 410 g/mol. The van der Waals surface area contributed by atoms with Gasteiger partial charge in [-0.25, -0.2) is 8.78 Å². The molecule has 0 aromatic heterocycles. The molecule has 6 heteroatoms. The van der Waals surface area contributed by atoms with Gasteiger partial charge in [0.05, 0.1) is 0 Å². The minimum absolute atomic E-state index is 0.168. The third-order valence-electron chi connectivity index (χ3n) is 5.12. The lowest BCUT2D eigenvalue weighted by Gasteiger charge is -2.18. The van der Waals surface area contributed by atoms with Gasteiger partial charge in [-0.05, 0) is 66.6 Å². The molecule has 0 fully saturated rings. The summed E-state index contributed by atoms with van der Waals surface area (Å²) in [6.45, 7) is 2.17. The minimum Gasteiger partial charge on any atom is -0.403 e. The van der Waals surface area contributed by atoms with Crippen LogP contribution in [0.2, 0.25) is 0 Å². The molecule has 0 unspecified atom stereocenters. The summed E-state index contributed by atoms with van der Waals surface area (Å²) in [5, 5.41) is 0. The Balaban J connectivity index is 1.81. The summed E-state index contributed by atoms with van der Waals surface area (Å²) in [6.07, 6.45) is 4.42. The van der Waals surface area contributed by atoms with E-state index in [1.54, 1.807) is 6.07 Å². The van der Waals surface area contributed by atoms with E-state index in [9.17, 15) is 22.0 Å². The molecule has 2 aromatic rings. The largest absolute Gasteiger partial charge is 0.573 e. The standard InChI is InChI=1S/C23H23F5O/c1-2-3-4-5-6-15-7-8-16-12-19(20(24)14-18(16)11-15)17-9-10-22(21(25)13-17)29-23(26,27)28/h9-14H,2-8H2,1H3. The van der Waals surface area contributed by atoms with Crippen LogP contribution in [0.25, 0.3) is 17.2 Å².